The van der Waals surface area contributed by atoms with Gasteiger partial charge in [-0.3, -0.25) is 4.99 Å². The number of nitrogens with zero attached hydrogens (tertiary/aromatic N) is 1. The smallest absolute Gasteiger partial charge is 0.128 e. The summed E-state index contributed by atoms with van der Waals surface area (Å²) < 4.78 is 0. The van der Waals surface area contributed by atoms with Crippen LogP contribution >= 0.6 is 11.6 Å². The lowest BCUT2D eigenvalue weighted by Crippen LogP contribution is -2.19. The Balaban J connectivity index is 1.57. The molecular formula is C21H17ClN2. The van der Waals surface area contributed by atoms with E-state index in [4.69, 9.17) is 11.6 Å². The Morgan fingerprint density at radius 1 is 0.625 bits per heavy atom. The van der Waals surface area contributed by atoms with Crippen LogP contribution in [0.4, 0.5) is 0 Å². The second-order valence-corrected chi connectivity index (χ2v) is 6.26. The van der Waals surface area contributed by atoms with Crippen LogP contribution in [-0.2, 0) is 0 Å². The molecule has 0 amide bonds. The number of aliphatic imine (C=N–C) groups is 1. The molecule has 3 aromatic carbocycles. The van der Waals surface area contributed by atoms with E-state index in [-0.39, 0.29) is 0 Å². The molecule has 0 radical (unpaired) electrons. The van der Waals surface area contributed by atoms with Crippen molar-refractivity contribution in [3.8, 4) is 22.3 Å². The van der Waals surface area contributed by atoms with Gasteiger partial charge in [-0.25, -0.2) is 0 Å². The third kappa shape index (κ3) is 3.06. The highest BCUT2D eigenvalue weighted by Gasteiger charge is 2.08. The van der Waals surface area contributed by atoms with Crippen LogP contribution in [0, 0.1) is 0 Å². The van der Waals surface area contributed by atoms with E-state index in [1.54, 1.807) is 0 Å². The SMILES string of the molecule is Clc1ccc(-c2ccc(-c3ccc(C4=NCCN4)cc3)cc2)cc1. The molecule has 1 heterocycles. The monoisotopic (exact) mass is 332 g/mol. The summed E-state index contributed by atoms with van der Waals surface area (Å²) >= 11 is 5.95. The standard InChI is InChI=1S/C21H17ClN2/c22-20-11-9-18(10-12-20)16-3-1-15(2-4-16)17-5-7-19(8-6-17)21-23-13-14-24-21/h1-12H,13-14H2,(H,23,24). The van der Waals surface area contributed by atoms with Crippen molar-refractivity contribution >= 4 is 17.4 Å². The summed E-state index contributed by atoms with van der Waals surface area (Å²) in [5.74, 6) is 1.000. The number of rotatable bonds is 3. The lowest BCUT2D eigenvalue weighted by Gasteiger charge is -2.07. The van der Waals surface area contributed by atoms with Gasteiger partial charge in [0.05, 0.1) is 6.54 Å². The summed E-state index contributed by atoms with van der Waals surface area (Å²) in [7, 11) is 0. The second-order valence-electron chi connectivity index (χ2n) is 5.82. The molecule has 3 aromatic rings. The van der Waals surface area contributed by atoms with Crippen molar-refractivity contribution in [1.29, 1.82) is 0 Å². The molecule has 3 heteroatoms. The summed E-state index contributed by atoms with van der Waals surface area (Å²) in [4.78, 5) is 4.46. The first-order valence-corrected chi connectivity index (χ1v) is 8.42. The van der Waals surface area contributed by atoms with Crippen LogP contribution < -0.4 is 5.32 Å². The molecule has 0 spiro atoms. The highest BCUT2D eigenvalue weighted by atomic mass is 35.5. The van der Waals surface area contributed by atoms with Crippen LogP contribution in [0.15, 0.2) is 77.8 Å². The average molecular weight is 333 g/mol. The van der Waals surface area contributed by atoms with Gasteiger partial charge in [0.15, 0.2) is 0 Å². The molecule has 0 unspecified atom stereocenters. The predicted molar refractivity (Wildman–Crippen MR) is 102 cm³/mol. The van der Waals surface area contributed by atoms with Crippen molar-refractivity contribution < 1.29 is 0 Å². The summed E-state index contributed by atoms with van der Waals surface area (Å²) in [6, 6.07) is 25.1. The van der Waals surface area contributed by atoms with Gasteiger partial charge in [0.1, 0.15) is 5.84 Å². The number of halogens is 1. The zero-order chi connectivity index (χ0) is 16.4. The summed E-state index contributed by atoms with van der Waals surface area (Å²) in [6.45, 7) is 1.80. The fourth-order valence-corrected chi connectivity index (χ4v) is 3.04. The molecule has 0 atom stereocenters. The summed E-state index contributed by atoms with van der Waals surface area (Å²) in [5, 5.41) is 4.06. The van der Waals surface area contributed by atoms with Crippen LogP contribution in [0.2, 0.25) is 5.02 Å². The minimum atomic E-state index is 0.761. The van der Waals surface area contributed by atoms with Crippen LogP contribution in [0.25, 0.3) is 22.3 Å². The number of hydrogen-bond donors (Lipinski definition) is 1. The maximum absolute atomic E-state index is 5.95. The van der Waals surface area contributed by atoms with Gasteiger partial charge in [0.2, 0.25) is 0 Å². The van der Waals surface area contributed by atoms with E-state index in [0.717, 1.165) is 29.5 Å². The Kier molecular flexibility index (Phi) is 4.06. The molecule has 0 bridgehead atoms. The van der Waals surface area contributed by atoms with Gasteiger partial charge in [-0.15, -0.1) is 0 Å². The molecule has 0 saturated heterocycles. The van der Waals surface area contributed by atoms with Gasteiger partial charge in [0.25, 0.3) is 0 Å². The minimum absolute atomic E-state index is 0.761. The van der Waals surface area contributed by atoms with Crippen molar-refractivity contribution in [2.24, 2.45) is 4.99 Å². The lowest BCUT2D eigenvalue weighted by atomic mass is 9.99. The number of nitrogens with one attached hydrogen (secondary N) is 1. The largest absolute Gasteiger partial charge is 0.368 e. The van der Waals surface area contributed by atoms with Crippen LogP contribution in [-0.4, -0.2) is 18.9 Å². The van der Waals surface area contributed by atoms with E-state index in [0.29, 0.717) is 0 Å². The molecule has 0 saturated carbocycles. The number of amidine groups is 1. The first-order valence-electron chi connectivity index (χ1n) is 8.05. The Bertz CT molecular complexity index is 863. The first-order chi connectivity index (χ1) is 11.8. The Morgan fingerprint density at radius 2 is 1.04 bits per heavy atom. The maximum atomic E-state index is 5.95. The molecule has 0 fully saturated rings. The molecule has 118 valence electrons. The normalized spacial score (nSPS) is 13.5. The van der Waals surface area contributed by atoms with Gasteiger partial charge in [0, 0.05) is 17.1 Å². The molecular weight excluding hydrogens is 316 g/mol. The van der Waals surface area contributed by atoms with Crippen molar-refractivity contribution in [1.82, 2.24) is 5.32 Å². The molecule has 0 aromatic heterocycles. The third-order valence-corrected chi connectivity index (χ3v) is 4.48. The lowest BCUT2D eigenvalue weighted by molar-refractivity contribution is 0.960. The van der Waals surface area contributed by atoms with Gasteiger partial charge in [-0.2, -0.15) is 0 Å². The maximum Gasteiger partial charge on any atom is 0.128 e. The Morgan fingerprint density at radius 3 is 1.46 bits per heavy atom. The molecule has 4 rings (SSSR count). The van der Waals surface area contributed by atoms with Crippen molar-refractivity contribution in [3.05, 3.63) is 83.4 Å². The van der Waals surface area contributed by atoms with E-state index in [1.807, 2.05) is 24.3 Å². The van der Waals surface area contributed by atoms with Crippen LogP contribution in [0.3, 0.4) is 0 Å². The highest BCUT2D eigenvalue weighted by Crippen LogP contribution is 2.26. The minimum Gasteiger partial charge on any atom is -0.368 e. The van der Waals surface area contributed by atoms with Crippen molar-refractivity contribution in [3.63, 3.8) is 0 Å². The van der Waals surface area contributed by atoms with Gasteiger partial charge >= 0.3 is 0 Å². The second kappa shape index (κ2) is 6.50. The predicted octanol–water partition coefficient (Wildman–Crippen LogP) is 5.02. The number of benzene rings is 3. The number of hydrogen-bond acceptors (Lipinski definition) is 2. The van der Waals surface area contributed by atoms with E-state index >= 15 is 0 Å². The third-order valence-electron chi connectivity index (χ3n) is 4.23. The Hall–Kier alpha value is -2.58. The topological polar surface area (TPSA) is 24.4 Å². The van der Waals surface area contributed by atoms with Crippen molar-refractivity contribution in [2.75, 3.05) is 13.1 Å². The average Bonchev–Trinajstić information content (AvgIpc) is 3.17. The van der Waals surface area contributed by atoms with E-state index < -0.39 is 0 Å². The van der Waals surface area contributed by atoms with Crippen molar-refractivity contribution in [2.45, 2.75) is 0 Å². The zero-order valence-electron chi connectivity index (χ0n) is 13.2. The fraction of sp³-hybridized carbons (Fsp3) is 0.0952. The van der Waals surface area contributed by atoms with E-state index in [1.165, 1.54) is 22.3 Å². The van der Waals surface area contributed by atoms with Gasteiger partial charge in [-0.1, -0.05) is 72.3 Å². The van der Waals surface area contributed by atoms with Crippen LogP contribution in [0.5, 0.6) is 0 Å². The molecule has 0 aliphatic carbocycles. The first kappa shape index (κ1) is 15.0. The summed E-state index contributed by atoms with van der Waals surface area (Å²) in [6.07, 6.45) is 0. The van der Waals surface area contributed by atoms with Gasteiger partial charge < -0.3 is 5.32 Å². The molecule has 1 aliphatic heterocycles. The molecule has 1 aliphatic rings. The molecule has 2 nitrogen and oxygen atoms in total. The molecule has 1 N–H and O–H groups in total. The van der Waals surface area contributed by atoms with Crippen LogP contribution in [0.1, 0.15) is 5.56 Å². The molecule has 24 heavy (non-hydrogen) atoms. The quantitative estimate of drug-likeness (QED) is 0.715. The summed E-state index contributed by atoms with van der Waals surface area (Å²) in [5.41, 5.74) is 5.93. The fourth-order valence-electron chi connectivity index (χ4n) is 2.91. The van der Waals surface area contributed by atoms with E-state index in [2.05, 4.69) is 58.8 Å². The highest BCUT2D eigenvalue weighted by molar-refractivity contribution is 6.30. The Labute approximate surface area is 146 Å². The van der Waals surface area contributed by atoms with E-state index in [9.17, 15) is 0 Å². The van der Waals surface area contributed by atoms with Gasteiger partial charge in [-0.05, 0) is 34.4 Å². The zero-order valence-corrected chi connectivity index (χ0v) is 13.9.